The van der Waals surface area contributed by atoms with E-state index < -0.39 is 40.8 Å². The first-order valence-corrected chi connectivity index (χ1v) is 12.0. The standard InChI is InChI=1S/C27H31Cl2FN2O2/c1-25(2,3)14-21-27(15-31,19-13-18(29)11-12-20(19)30)22(16-7-9-17(28)10-8-16)23(32-21)24(33)34-26(4,5)6/h7-13,21-23,32H,14H2,1-6H3/t21-,22+,23+,27-/m0/s1. The molecule has 7 heteroatoms. The van der Waals surface area contributed by atoms with Crippen LogP contribution in [0.4, 0.5) is 4.39 Å². The molecule has 0 bridgehead atoms. The maximum absolute atomic E-state index is 15.4. The number of hydrogen-bond donors (Lipinski definition) is 1. The number of rotatable bonds is 4. The average Bonchev–Trinajstić information content (AvgIpc) is 3.02. The molecule has 4 nitrogen and oxygen atoms in total. The maximum atomic E-state index is 15.4. The second-order valence-corrected chi connectivity index (χ2v) is 12.0. The molecule has 0 aliphatic carbocycles. The summed E-state index contributed by atoms with van der Waals surface area (Å²) in [6, 6.07) is 12.2. The molecule has 182 valence electrons. The van der Waals surface area contributed by atoms with Gasteiger partial charge in [-0.2, -0.15) is 5.26 Å². The Balaban J connectivity index is 2.32. The predicted octanol–water partition coefficient (Wildman–Crippen LogP) is 6.80. The number of nitriles is 1. The fourth-order valence-electron chi connectivity index (χ4n) is 4.83. The largest absolute Gasteiger partial charge is 0.459 e. The molecule has 1 N–H and O–H groups in total. The minimum atomic E-state index is -1.43. The van der Waals surface area contributed by atoms with E-state index >= 15 is 4.39 Å². The van der Waals surface area contributed by atoms with E-state index in [0.717, 1.165) is 0 Å². The van der Waals surface area contributed by atoms with E-state index in [9.17, 15) is 10.1 Å². The Labute approximate surface area is 211 Å². The minimum Gasteiger partial charge on any atom is -0.459 e. The van der Waals surface area contributed by atoms with Gasteiger partial charge in [-0.1, -0.05) is 56.1 Å². The molecule has 0 spiro atoms. The SMILES string of the molecule is CC(C)(C)C[C@@H]1N[C@@H](C(=O)OC(C)(C)C)[C@@H](c2ccc(Cl)cc2)[C@@]1(C#N)c1cc(Cl)ccc1F. The first-order chi connectivity index (χ1) is 15.7. The molecule has 3 rings (SSSR count). The van der Waals surface area contributed by atoms with Crippen LogP contribution in [0.5, 0.6) is 0 Å². The third-order valence-corrected chi connectivity index (χ3v) is 6.51. The number of halogens is 3. The van der Waals surface area contributed by atoms with Crippen LogP contribution in [0.1, 0.15) is 65.0 Å². The molecule has 0 radical (unpaired) electrons. The smallest absolute Gasteiger partial charge is 0.324 e. The number of esters is 1. The van der Waals surface area contributed by atoms with Crippen molar-refractivity contribution in [3.05, 3.63) is 69.5 Å². The normalized spacial score (nSPS) is 25.1. The molecule has 1 saturated heterocycles. The van der Waals surface area contributed by atoms with Gasteiger partial charge in [-0.25, -0.2) is 4.39 Å². The van der Waals surface area contributed by atoms with Gasteiger partial charge in [-0.15, -0.1) is 0 Å². The molecule has 0 saturated carbocycles. The van der Waals surface area contributed by atoms with Crippen molar-refractivity contribution < 1.29 is 13.9 Å². The second kappa shape index (κ2) is 9.49. The fourth-order valence-corrected chi connectivity index (χ4v) is 5.13. The topological polar surface area (TPSA) is 62.1 Å². The summed E-state index contributed by atoms with van der Waals surface area (Å²) in [7, 11) is 0. The van der Waals surface area contributed by atoms with Gasteiger partial charge in [-0.3, -0.25) is 10.1 Å². The lowest BCUT2D eigenvalue weighted by molar-refractivity contribution is -0.157. The fraction of sp³-hybridized carbons (Fsp3) is 0.481. The zero-order valence-electron chi connectivity index (χ0n) is 20.4. The molecule has 0 aromatic heterocycles. The van der Waals surface area contributed by atoms with E-state index in [1.165, 1.54) is 18.2 Å². The van der Waals surface area contributed by atoms with Crippen molar-refractivity contribution >= 4 is 29.2 Å². The molecule has 0 amide bonds. The summed E-state index contributed by atoms with van der Waals surface area (Å²) >= 11 is 12.4. The number of benzene rings is 2. The molecule has 4 atom stereocenters. The Morgan fingerprint density at radius 1 is 1.09 bits per heavy atom. The molecular formula is C27H31Cl2FN2O2. The Bertz CT molecular complexity index is 1100. The van der Waals surface area contributed by atoms with Crippen molar-refractivity contribution in [2.75, 3.05) is 0 Å². The van der Waals surface area contributed by atoms with Crippen LogP contribution >= 0.6 is 23.2 Å². The molecule has 1 aliphatic heterocycles. The first kappa shape index (κ1) is 26.5. The highest BCUT2D eigenvalue weighted by atomic mass is 35.5. The first-order valence-electron chi connectivity index (χ1n) is 11.3. The van der Waals surface area contributed by atoms with Crippen molar-refractivity contribution in [1.82, 2.24) is 5.32 Å². The van der Waals surface area contributed by atoms with Gasteiger partial charge < -0.3 is 4.74 Å². The molecule has 34 heavy (non-hydrogen) atoms. The summed E-state index contributed by atoms with van der Waals surface area (Å²) in [5, 5.41) is 15.0. The lowest BCUT2D eigenvalue weighted by atomic mass is 9.63. The molecule has 0 unspecified atom stereocenters. The van der Waals surface area contributed by atoms with Gasteiger partial charge in [-0.05, 0) is 68.5 Å². The second-order valence-electron chi connectivity index (χ2n) is 11.1. The van der Waals surface area contributed by atoms with Gasteiger partial charge in [0.05, 0.1) is 6.07 Å². The maximum Gasteiger partial charge on any atom is 0.324 e. The van der Waals surface area contributed by atoms with Gasteiger partial charge in [0.2, 0.25) is 0 Å². The van der Waals surface area contributed by atoms with Crippen LogP contribution in [-0.4, -0.2) is 23.7 Å². The van der Waals surface area contributed by atoms with Crippen LogP contribution in [0.15, 0.2) is 42.5 Å². The van der Waals surface area contributed by atoms with Crippen LogP contribution < -0.4 is 5.32 Å². The number of nitrogens with zero attached hydrogens (tertiary/aromatic N) is 1. The lowest BCUT2D eigenvalue weighted by Crippen LogP contribution is -2.44. The van der Waals surface area contributed by atoms with Crippen LogP contribution in [0.2, 0.25) is 10.0 Å². The number of carbonyl (C=O) groups excluding carboxylic acids is 1. The van der Waals surface area contributed by atoms with Crippen molar-refractivity contribution in [1.29, 1.82) is 5.26 Å². The van der Waals surface area contributed by atoms with E-state index in [1.807, 2.05) is 20.8 Å². The summed E-state index contributed by atoms with van der Waals surface area (Å²) < 4.78 is 21.2. The zero-order chi connectivity index (χ0) is 25.5. The lowest BCUT2D eigenvalue weighted by Gasteiger charge is -2.37. The quantitative estimate of drug-likeness (QED) is 0.465. The van der Waals surface area contributed by atoms with Crippen LogP contribution in [0.25, 0.3) is 0 Å². The number of carbonyl (C=O) groups is 1. The Hall–Kier alpha value is -2.13. The molecule has 1 fully saturated rings. The van der Waals surface area contributed by atoms with E-state index in [2.05, 4.69) is 11.4 Å². The van der Waals surface area contributed by atoms with E-state index in [-0.39, 0.29) is 11.0 Å². The van der Waals surface area contributed by atoms with E-state index in [0.29, 0.717) is 22.0 Å². The Morgan fingerprint density at radius 2 is 1.68 bits per heavy atom. The number of ether oxygens (including phenoxy) is 1. The summed E-state index contributed by atoms with van der Waals surface area (Å²) in [5.74, 6) is -1.79. The summed E-state index contributed by atoms with van der Waals surface area (Å²) in [6.07, 6.45) is 0.510. The van der Waals surface area contributed by atoms with Gasteiger partial charge in [0.15, 0.2) is 0 Å². The highest BCUT2D eigenvalue weighted by Gasteiger charge is 2.61. The molecule has 2 aromatic rings. The monoisotopic (exact) mass is 504 g/mol. The molecule has 1 heterocycles. The van der Waals surface area contributed by atoms with E-state index in [1.54, 1.807) is 45.0 Å². The van der Waals surface area contributed by atoms with Crippen LogP contribution in [0.3, 0.4) is 0 Å². The van der Waals surface area contributed by atoms with Crippen molar-refractivity contribution in [2.45, 2.75) is 77.0 Å². The highest BCUT2D eigenvalue weighted by Crippen LogP contribution is 2.52. The van der Waals surface area contributed by atoms with E-state index in [4.69, 9.17) is 27.9 Å². The van der Waals surface area contributed by atoms with Gasteiger partial charge >= 0.3 is 5.97 Å². The average molecular weight is 505 g/mol. The van der Waals surface area contributed by atoms with Crippen molar-refractivity contribution in [2.24, 2.45) is 5.41 Å². The zero-order valence-corrected chi connectivity index (χ0v) is 21.9. The minimum absolute atomic E-state index is 0.162. The summed E-state index contributed by atoms with van der Waals surface area (Å²) in [5.41, 5.74) is -1.54. The molecular weight excluding hydrogens is 474 g/mol. The van der Waals surface area contributed by atoms with Crippen molar-refractivity contribution in [3.8, 4) is 6.07 Å². The molecule has 2 aromatic carbocycles. The predicted molar refractivity (Wildman–Crippen MR) is 134 cm³/mol. The summed E-state index contributed by atoms with van der Waals surface area (Å²) in [4.78, 5) is 13.5. The number of hydrogen-bond acceptors (Lipinski definition) is 4. The number of nitrogens with one attached hydrogen (secondary N) is 1. The summed E-state index contributed by atoms with van der Waals surface area (Å²) in [6.45, 7) is 11.5. The van der Waals surface area contributed by atoms with Gasteiger partial charge in [0, 0.05) is 27.6 Å². The Morgan fingerprint density at radius 3 is 2.21 bits per heavy atom. The van der Waals surface area contributed by atoms with Crippen LogP contribution in [-0.2, 0) is 14.9 Å². The third-order valence-electron chi connectivity index (χ3n) is 6.02. The van der Waals surface area contributed by atoms with Crippen LogP contribution in [0, 0.1) is 22.6 Å². The van der Waals surface area contributed by atoms with Crippen molar-refractivity contribution in [3.63, 3.8) is 0 Å². The van der Waals surface area contributed by atoms with Gasteiger partial charge in [0.25, 0.3) is 0 Å². The highest BCUT2D eigenvalue weighted by molar-refractivity contribution is 6.30. The third kappa shape index (κ3) is 5.40. The Kier molecular flexibility index (Phi) is 7.39. The molecule has 1 aliphatic rings. The van der Waals surface area contributed by atoms with Gasteiger partial charge in [0.1, 0.15) is 22.9 Å².